The third-order valence-corrected chi connectivity index (χ3v) is 5.80. The lowest BCUT2D eigenvalue weighted by atomic mass is 9.77. The highest BCUT2D eigenvalue weighted by molar-refractivity contribution is 5.91. The zero-order valence-corrected chi connectivity index (χ0v) is 16.3. The Bertz CT molecular complexity index is 999. The number of hydrogen-bond donors (Lipinski definition) is 2. The molecular formula is C21H24N6O. The standard InChI is InChI=1S/C21H24N6O/c1-13-4-5-14(2)27(13)20-24-10-15(11-25-20)18-9-8-17(12-23-18)21(3,16-6-7-16)19(22)26-28/h4-5,8-12,16,28H,6-7H2,1-3H3,(H2,22,26)/t21-/m1/s1. The number of nitrogens with two attached hydrogens (primary N) is 1. The minimum absolute atomic E-state index is 0.231. The zero-order chi connectivity index (χ0) is 19.9. The smallest absolute Gasteiger partial charge is 0.234 e. The van der Waals surface area contributed by atoms with Gasteiger partial charge in [0.05, 0.1) is 11.1 Å². The summed E-state index contributed by atoms with van der Waals surface area (Å²) in [6, 6.07) is 8.02. The number of rotatable bonds is 5. The Morgan fingerprint density at radius 1 is 1.07 bits per heavy atom. The van der Waals surface area contributed by atoms with Gasteiger partial charge < -0.3 is 10.9 Å². The van der Waals surface area contributed by atoms with E-state index in [1.54, 1.807) is 18.6 Å². The Labute approximate surface area is 164 Å². The first kappa shape index (κ1) is 18.2. The summed E-state index contributed by atoms with van der Waals surface area (Å²) in [6.07, 6.45) is 7.52. The summed E-state index contributed by atoms with van der Waals surface area (Å²) in [4.78, 5) is 13.6. The Hall–Kier alpha value is -3.22. The molecule has 0 saturated heterocycles. The number of nitrogens with zero attached hydrogens (tertiary/aromatic N) is 5. The Kier molecular flexibility index (Phi) is 4.37. The quantitative estimate of drug-likeness (QED) is 0.308. The van der Waals surface area contributed by atoms with Crippen LogP contribution in [0.3, 0.4) is 0 Å². The number of aromatic nitrogens is 4. The van der Waals surface area contributed by atoms with E-state index in [1.165, 1.54) is 0 Å². The predicted molar refractivity (Wildman–Crippen MR) is 108 cm³/mol. The van der Waals surface area contributed by atoms with Crippen LogP contribution in [0.2, 0.25) is 0 Å². The van der Waals surface area contributed by atoms with E-state index in [4.69, 9.17) is 5.73 Å². The molecule has 0 spiro atoms. The van der Waals surface area contributed by atoms with Crippen LogP contribution in [-0.2, 0) is 5.41 Å². The first-order chi connectivity index (χ1) is 13.4. The van der Waals surface area contributed by atoms with E-state index < -0.39 is 5.41 Å². The number of pyridine rings is 1. The molecule has 0 aliphatic heterocycles. The number of hydrogen-bond acceptors (Lipinski definition) is 5. The number of aryl methyl sites for hydroxylation is 2. The van der Waals surface area contributed by atoms with Gasteiger partial charge in [0, 0.05) is 35.5 Å². The topological polar surface area (TPSA) is 102 Å². The van der Waals surface area contributed by atoms with E-state index in [9.17, 15) is 5.21 Å². The molecule has 1 aliphatic rings. The summed E-state index contributed by atoms with van der Waals surface area (Å²) in [5.41, 5.74) is 10.3. The second-order valence-electron chi connectivity index (χ2n) is 7.62. The van der Waals surface area contributed by atoms with E-state index in [0.717, 1.165) is 41.1 Å². The molecule has 3 aromatic rings. The van der Waals surface area contributed by atoms with Gasteiger partial charge >= 0.3 is 0 Å². The van der Waals surface area contributed by atoms with Crippen molar-refractivity contribution >= 4 is 5.84 Å². The molecule has 1 fully saturated rings. The molecule has 28 heavy (non-hydrogen) atoms. The summed E-state index contributed by atoms with van der Waals surface area (Å²) in [6.45, 7) is 6.07. The molecule has 1 aliphatic carbocycles. The zero-order valence-electron chi connectivity index (χ0n) is 16.3. The molecule has 4 rings (SSSR count). The first-order valence-corrected chi connectivity index (χ1v) is 9.37. The molecular weight excluding hydrogens is 352 g/mol. The van der Waals surface area contributed by atoms with Crippen LogP contribution in [0.1, 0.15) is 36.7 Å². The van der Waals surface area contributed by atoms with Crippen LogP contribution in [0.15, 0.2) is 48.0 Å². The first-order valence-electron chi connectivity index (χ1n) is 9.37. The van der Waals surface area contributed by atoms with E-state index in [2.05, 4.69) is 20.1 Å². The fourth-order valence-corrected chi connectivity index (χ4v) is 3.78. The molecule has 3 N–H and O–H groups in total. The van der Waals surface area contributed by atoms with Crippen LogP contribution >= 0.6 is 0 Å². The lowest BCUT2D eigenvalue weighted by Crippen LogP contribution is -2.40. The minimum atomic E-state index is -0.496. The van der Waals surface area contributed by atoms with Crippen LogP contribution < -0.4 is 5.73 Å². The van der Waals surface area contributed by atoms with Crippen molar-refractivity contribution in [2.24, 2.45) is 16.8 Å². The van der Waals surface area contributed by atoms with Gasteiger partial charge in [-0.2, -0.15) is 0 Å². The van der Waals surface area contributed by atoms with Crippen LogP contribution in [0.5, 0.6) is 0 Å². The Balaban J connectivity index is 1.63. The summed E-state index contributed by atoms with van der Waals surface area (Å²) in [5.74, 6) is 1.26. The van der Waals surface area contributed by atoms with Crippen molar-refractivity contribution in [3.05, 3.63) is 59.8 Å². The molecule has 0 amide bonds. The maximum atomic E-state index is 9.21. The van der Waals surface area contributed by atoms with Crippen LogP contribution in [0, 0.1) is 19.8 Å². The van der Waals surface area contributed by atoms with Gasteiger partial charge in [-0.25, -0.2) is 9.97 Å². The van der Waals surface area contributed by atoms with Gasteiger partial charge in [0.2, 0.25) is 5.95 Å². The van der Waals surface area contributed by atoms with Crippen LogP contribution in [-0.4, -0.2) is 30.6 Å². The fraction of sp³-hybridized carbons (Fsp3) is 0.333. The molecule has 0 bridgehead atoms. The van der Waals surface area contributed by atoms with Gasteiger partial charge in [-0.15, -0.1) is 0 Å². The molecule has 1 saturated carbocycles. The number of amidine groups is 1. The number of oxime groups is 1. The maximum absolute atomic E-state index is 9.21. The SMILES string of the molecule is Cc1ccc(C)n1-c1ncc(-c2ccc([C@](C)(/C(N)=N/O)C3CC3)cn2)cn1. The normalized spacial score (nSPS) is 16.8. The molecule has 3 heterocycles. The van der Waals surface area contributed by atoms with Crippen molar-refractivity contribution in [3.8, 4) is 17.2 Å². The minimum Gasteiger partial charge on any atom is -0.409 e. The van der Waals surface area contributed by atoms with Gasteiger partial charge in [-0.1, -0.05) is 11.2 Å². The van der Waals surface area contributed by atoms with Crippen molar-refractivity contribution in [3.63, 3.8) is 0 Å². The highest BCUT2D eigenvalue weighted by atomic mass is 16.4. The van der Waals surface area contributed by atoms with E-state index in [0.29, 0.717) is 11.9 Å². The summed E-state index contributed by atoms with van der Waals surface area (Å²) < 4.78 is 2.01. The van der Waals surface area contributed by atoms with E-state index >= 15 is 0 Å². The third kappa shape index (κ3) is 2.93. The summed E-state index contributed by atoms with van der Waals surface area (Å²) in [7, 11) is 0. The second-order valence-corrected chi connectivity index (χ2v) is 7.62. The van der Waals surface area contributed by atoms with Gasteiger partial charge in [0.15, 0.2) is 0 Å². The predicted octanol–water partition coefficient (Wildman–Crippen LogP) is 3.36. The van der Waals surface area contributed by atoms with Gasteiger partial charge in [-0.05, 0) is 63.3 Å². The molecule has 7 heteroatoms. The van der Waals surface area contributed by atoms with Crippen molar-refractivity contribution in [1.29, 1.82) is 0 Å². The average molecular weight is 376 g/mol. The fourth-order valence-electron chi connectivity index (χ4n) is 3.78. The van der Waals surface area contributed by atoms with E-state index in [-0.39, 0.29) is 5.84 Å². The lowest BCUT2D eigenvalue weighted by molar-refractivity contribution is 0.310. The van der Waals surface area contributed by atoms with Gasteiger partial charge in [0.1, 0.15) is 5.84 Å². The average Bonchev–Trinajstić information content (AvgIpc) is 3.53. The van der Waals surface area contributed by atoms with E-state index in [1.807, 2.05) is 49.6 Å². The van der Waals surface area contributed by atoms with Crippen molar-refractivity contribution < 1.29 is 5.21 Å². The molecule has 0 unspecified atom stereocenters. The molecule has 3 aromatic heterocycles. The van der Waals surface area contributed by atoms with Gasteiger partial charge in [-0.3, -0.25) is 9.55 Å². The lowest BCUT2D eigenvalue weighted by Gasteiger charge is -2.28. The second kappa shape index (κ2) is 6.74. The van der Waals surface area contributed by atoms with Crippen LogP contribution in [0.4, 0.5) is 0 Å². The van der Waals surface area contributed by atoms with Crippen molar-refractivity contribution in [2.75, 3.05) is 0 Å². The summed E-state index contributed by atoms with van der Waals surface area (Å²) >= 11 is 0. The monoisotopic (exact) mass is 376 g/mol. The molecule has 0 radical (unpaired) electrons. The highest BCUT2D eigenvalue weighted by Crippen LogP contribution is 2.47. The Morgan fingerprint density at radius 2 is 1.71 bits per heavy atom. The largest absolute Gasteiger partial charge is 0.409 e. The van der Waals surface area contributed by atoms with Crippen molar-refractivity contribution in [2.45, 2.75) is 39.0 Å². The highest BCUT2D eigenvalue weighted by Gasteiger charge is 2.46. The Morgan fingerprint density at radius 3 is 2.21 bits per heavy atom. The molecule has 0 aromatic carbocycles. The van der Waals surface area contributed by atoms with Crippen molar-refractivity contribution in [1.82, 2.24) is 19.5 Å². The summed E-state index contributed by atoms with van der Waals surface area (Å²) in [5, 5.41) is 12.5. The maximum Gasteiger partial charge on any atom is 0.234 e. The molecule has 144 valence electrons. The third-order valence-electron chi connectivity index (χ3n) is 5.80. The van der Waals surface area contributed by atoms with Crippen LogP contribution in [0.25, 0.3) is 17.2 Å². The molecule has 7 nitrogen and oxygen atoms in total. The molecule has 1 atom stereocenters. The van der Waals surface area contributed by atoms with Gasteiger partial charge in [0.25, 0.3) is 0 Å².